The Kier molecular flexibility index (Phi) is 2.76. The Hall–Kier alpha value is -2.02. The minimum absolute atomic E-state index is 0.00546. The summed E-state index contributed by atoms with van der Waals surface area (Å²) in [6, 6.07) is 1.24. The van der Waals surface area contributed by atoms with E-state index >= 15 is 0 Å². The number of nitrogens with one attached hydrogen (secondary N) is 1. The lowest BCUT2D eigenvalue weighted by atomic mass is 9.95. The van der Waals surface area contributed by atoms with Crippen LogP contribution in [0.5, 0.6) is 0 Å². The Morgan fingerprint density at radius 2 is 2.29 bits per heavy atom. The van der Waals surface area contributed by atoms with Crippen LogP contribution in [0.25, 0.3) is 0 Å². The number of aliphatic carboxylic acids is 1. The molecule has 7 heteroatoms. The van der Waals surface area contributed by atoms with Gasteiger partial charge in [0.2, 0.25) is 0 Å². The van der Waals surface area contributed by atoms with E-state index in [0.717, 1.165) is 6.07 Å². The SMILES string of the molecule is O=C(O)C1Cc2c(F)cc([N+](=O)[O-])cc2CN1. The molecule has 1 heterocycles. The van der Waals surface area contributed by atoms with Gasteiger partial charge in [0.1, 0.15) is 11.9 Å². The van der Waals surface area contributed by atoms with Crippen LogP contribution in [0.15, 0.2) is 12.1 Å². The van der Waals surface area contributed by atoms with Crippen molar-refractivity contribution in [3.8, 4) is 0 Å². The molecule has 0 spiro atoms. The fourth-order valence-electron chi connectivity index (χ4n) is 1.85. The predicted molar refractivity (Wildman–Crippen MR) is 55.0 cm³/mol. The summed E-state index contributed by atoms with van der Waals surface area (Å²) in [6.07, 6.45) is -0.00546. The number of carboxylic acid groups (broad SMARTS) is 1. The standard InChI is InChI=1S/C10H9FN2O4/c11-8-2-6(13(16)17)1-5-4-12-9(10(14)15)3-7(5)8/h1-2,9,12H,3-4H2,(H,14,15). The first-order chi connectivity index (χ1) is 7.99. The van der Waals surface area contributed by atoms with E-state index in [9.17, 15) is 19.3 Å². The number of hydrogen-bond donors (Lipinski definition) is 2. The third-order valence-corrected chi connectivity index (χ3v) is 2.73. The first-order valence-electron chi connectivity index (χ1n) is 4.91. The molecule has 0 amide bonds. The van der Waals surface area contributed by atoms with E-state index < -0.39 is 22.8 Å². The molecule has 17 heavy (non-hydrogen) atoms. The third-order valence-electron chi connectivity index (χ3n) is 2.73. The summed E-state index contributed by atoms with van der Waals surface area (Å²) in [7, 11) is 0. The number of carboxylic acids is 1. The van der Waals surface area contributed by atoms with E-state index in [4.69, 9.17) is 5.11 Å². The third kappa shape index (κ3) is 2.09. The molecule has 0 aromatic heterocycles. The van der Waals surface area contributed by atoms with Gasteiger partial charge in [-0.05, 0) is 11.1 Å². The van der Waals surface area contributed by atoms with Crippen molar-refractivity contribution in [1.29, 1.82) is 0 Å². The lowest BCUT2D eigenvalue weighted by Crippen LogP contribution is -2.42. The van der Waals surface area contributed by atoms with Crippen LogP contribution < -0.4 is 5.32 Å². The normalized spacial score (nSPS) is 18.5. The molecule has 1 unspecified atom stereocenters. The van der Waals surface area contributed by atoms with Crippen molar-refractivity contribution in [3.63, 3.8) is 0 Å². The molecular formula is C10H9FN2O4. The van der Waals surface area contributed by atoms with Gasteiger partial charge in [-0.3, -0.25) is 14.9 Å². The molecular weight excluding hydrogens is 231 g/mol. The van der Waals surface area contributed by atoms with Crippen LogP contribution in [-0.2, 0) is 17.8 Å². The zero-order valence-corrected chi connectivity index (χ0v) is 8.64. The molecule has 6 nitrogen and oxygen atoms in total. The molecule has 1 aromatic carbocycles. The Morgan fingerprint density at radius 3 is 2.88 bits per heavy atom. The summed E-state index contributed by atoms with van der Waals surface area (Å²) >= 11 is 0. The molecule has 90 valence electrons. The summed E-state index contributed by atoms with van der Waals surface area (Å²) < 4.78 is 13.6. The van der Waals surface area contributed by atoms with Crippen molar-refractivity contribution in [2.24, 2.45) is 0 Å². The highest BCUT2D eigenvalue weighted by Gasteiger charge is 2.27. The van der Waals surface area contributed by atoms with Crippen LogP contribution in [0, 0.1) is 15.9 Å². The van der Waals surface area contributed by atoms with Crippen LogP contribution in [0.1, 0.15) is 11.1 Å². The fraction of sp³-hybridized carbons (Fsp3) is 0.300. The maximum absolute atomic E-state index is 13.6. The second kappa shape index (κ2) is 4.10. The Bertz CT molecular complexity index is 503. The molecule has 1 aromatic rings. The summed E-state index contributed by atoms with van der Waals surface area (Å²) in [5, 5.41) is 22.0. The van der Waals surface area contributed by atoms with E-state index in [0.29, 0.717) is 5.56 Å². The highest BCUT2D eigenvalue weighted by molar-refractivity contribution is 5.74. The minimum Gasteiger partial charge on any atom is -0.480 e. The lowest BCUT2D eigenvalue weighted by molar-refractivity contribution is -0.385. The van der Waals surface area contributed by atoms with Crippen molar-refractivity contribution in [2.45, 2.75) is 19.0 Å². The summed E-state index contributed by atoms with van der Waals surface area (Å²) in [4.78, 5) is 20.6. The molecule has 0 radical (unpaired) electrons. The molecule has 0 saturated carbocycles. The van der Waals surface area contributed by atoms with E-state index in [2.05, 4.69) is 5.32 Å². The van der Waals surface area contributed by atoms with Gasteiger partial charge < -0.3 is 10.4 Å². The molecule has 2 rings (SSSR count). The summed E-state index contributed by atoms with van der Waals surface area (Å²) in [5.74, 6) is -1.78. The van der Waals surface area contributed by atoms with Gasteiger partial charge in [0, 0.05) is 19.0 Å². The number of hydrogen-bond acceptors (Lipinski definition) is 4. The van der Waals surface area contributed by atoms with Gasteiger partial charge in [-0.1, -0.05) is 0 Å². The van der Waals surface area contributed by atoms with Gasteiger partial charge in [-0.25, -0.2) is 4.39 Å². The summed E-state index contributed by atoms with van der Waals surface area (Å²) in [5.41, 5.74) is 0.354. The molecule has 1 aliphatic rings. The van der Waals surface area contributed by atoms with Gasteiger partial charge >= 0.3 is 5.97 Å². The van der Waals surface area contributed by atoms with Gasteiger partial charge in [0.15, 0.2) is 0 Å². The average Bonchev–Trinajstić information content (AvgIpc) is 2.28. The monoisotopic (exact) mass is 240 g/mol. The maximum Gasteiger partial charge on any atom is 0.321 e. The number of fused-ring (bicyclic) bond motifs is 1. The van der Waals surface area contributed by atoms with E-state index in [1.165, 1.54) is 6.07 Å². The average molecular weight is 240 g/mol. The predicted octanol–water partition coefficient (Wildman–Crippen LogP) is 0.833. The first kappa shape index (κ1) is 11.5. The number of nitrogens with zero attached hydrogens (tertiary/aromatic N) is 1. The maximum atomic E-state index is 13.6. The van der Waals surface area contributed by atoms with Gasteiger partial charge in [-0.2, -0.15) is 0 Å². The number of nitro benzene ring substituents is 1. The quantitative estimate of drug-likeness (QED) is 0.590. The number of halogens is 1. The molecule has 1 atom stereocenters. The van der Waals surface area contributed by atoms with Gasteiger partial charge in [0.05, 0.1) is 11.0 Å². The highest BCUT2D eigenvalue weighted by Crippen LogP contribution is 2.25. The molecule has 0 bridgehead atoms. The molecule has 0 aliphatic carbocycles. The van der Waals surface area contributed by atoms with E-state index in [-0.39, 0.29) is 24.2 Å². The fourth-order valence-corrected chi connectivity index (χ4v) is 1.85. The highest BCUT2D eigenvalue weighted by atomic mass is 19.1. The smallest absolute Gasteiger partial charge is 0.321 e. The number of nitro groups is 1. The van der Waals surface area contributed by atoms with Crippen molar-refractivity contribution in [1.82, 2.24) is 5.32 Å². The molecule has 0 fully saturated rings. The number of non-ortho nitro benzene ring substituents is 1. The van der Waals surface area contributed by atoms with Crippen LogP contribution in [0.3, 0.4) is 0 Å². The van der Waals surface area contributed by atoms with E-state index in [1.807, 2.05) is 0 Å². The van der Waals surface area contributed by atoms with Crippen molar-refractivity contribution in [3.05, 3.63) is 39.2 Å². The second-order valence-corrected chi connectivity index (χ2v) is 3.80. The molecule has 2 N–H and O–H groups in total. The largest absolute Gasteiger partial charge is 0.480 e. The topological polar surface area (TPSA) is 92.5 Å². The van der Waals surface area contributed by atoms with Crippen LogP contribution in [0.2, 0.25) is 0 Å². The van der Waals surface area contributed by atoms with Crippen LogP contribution >= 0.6 is 0 Å². The number of benzene rings is 1. The van der Waals surface area contributed by atoms with Crippen molar-refractivity contribution >= 4 is 11.7 Å². The minimum atomic E-state index is -1.06. The number of rotatable bonds is 2. The first-order valence-corrected chi connectivity index (χ1v) is 4.91. The van der Waals surface area contributed by atoms with Gasteiger partial charge in [0.25, 0.3) is 5.69 Å². The van der Waals surface area contributed by atoms with Crippen LogP contribution in [0.4, 0.5) is 10.1 Å². The second-order valence-electron chi connectivity index (χ2n) is 3.80. The number of carbonyl (C=O) groups is 1. The van der Waals surface area contributed by atoms with Crippen molar-refractivity contribution in [2.75, 3.05) is 0 Å². The lowest BCUT2D eigenvalue weighted by Gasteiger charge is -2.23. The Labute approximate surface area is 95.2 Å². The van der Waals surface area contributed by atoms with Crippen LogP contribution in [-0.4, -0.2) is 22.0 Å². The zero-order valence-electron chi connectivity index (χ0n) is 8.64. The molecule has 0 saturated heterocycles. The van der Waals surface area contributed by atoms with Crippen molar-refractivity contribution < 1.29 is 19.2 Å². The summed E-state index contributed by atoms with van der Waals surface area (Å²) in [6.45, 7) is 0.116. The molecule has 1 aliphatic heterocycles. The zero-order chi connectivity index (χ0) is 12.6. The van der Waals surface area contributed by atoms with Gasteiger partial charge in [-0.15, -0.1) is 0 Å². The van der Waals surface area contributed by atoms with E-state index in [1.54, 1.807) is 0 Å². The Morgan fingerprint density at radius 1 is 1.59 bits per heavy atom. The Balaban J connectivity index is 2.40.